The molecular formula is C18H18ClN3O2. The van der Waals surface area contributed by atoms with Crippen LogP contribution in [0.15, 0.2) is 42.7 Å². The van der Waals surface area contributed by atoms with E-state index in [1.807, 2.05) is 29.1 Å². The lowest BCUT2D eigenvalue weighted by Gasteiger charge is -2.28. The second kappa shape index (κ2) is 6.34. The standard InChI is InChI=1S/C18H18ClN3O2/c1-23-18-5-3-14(10-15(18)19)22-12-20-16-11-13(2-4-17(16)22)21-6-8-24-9-7-21/h2-5,10-12H,6-9H2,1H3. The molecule has 0 aliphatic carbocycles. The zero-order chi connectivity index (χ0) is 16.5. The van der Waals surface area contributed by atoms with Crippen LogP contribution in [0.1, 0.15) is 0 Å². The molecule has 2 aromatic carbocycles. The second-order valence-corrected chi connectivity index (χ2v) is 6.11. The first kappa shape index (κ1) is 15.3. The Labute approximate surface area is 145 Å². The van der Waals surface area contributed by atoms with E-state index in [1.54, 1.807) is 7.11 Å². The summed E-state index contributed by atoms with van der Waals surface area (Å²) in [6.07, 6.45) is 1.83. The molecule has 0 N–H and O–H groups in total. The van der Waals surface area contributed by atoms with E-state index < -0.39 is 0 Å². The van der Waals surface area contributed by atoms with Gasteiger partial charge in [0.15, 0.2) is 0 Å². The normalized spacial score (nSPS) is 15.0. The van der Waals surface area contributed by atoms with Crippen molar-refractivity contribution in [3.05, 3.63) is 47.7 Å². The number of morpholine rings is 1. The smallest absolute Gasteiger partial charge is 0.137 e. The van der Waals surface area contributed by atoms with Crippen LogP contribution in [0, 0.1) is 0 Å². The van der Waals surface area contributed by atoms with Crippen molar-refractivity contribution in [2.75, 3.05) is 38.3 Å². The average Bonchev–Trinajstić information content (AvgIpc) is 3.05. The van der Waals surface area contributed by atoms with Crippen LogP contribution in [-0.2, 0) is 4.74 Å². The molecular weight excluding hydrogens is 326 g/mol. The maximum atomic E-state index is 6.25. The van der Waals surface area contributed by atoms with Gasteiger partial charge in [0.25, 0.3) is 0 Å². The van der Waals surface area contributed by atoms with Crippen LogP contribution in [0.5, 0.6) is 5.75 Å². The molecule has 5 nitrogen and oxygen atoms in total. The van der Waals surface area contributed by atoms with Crippen molar-refractivity contribution in [1.29, 1.82) is 0 Å². The van der Waals surface area contributed by atoms with Gasteiger partial charge in [0.05, 0.1) is 36.4 Å². The molecule has 2 heterocycles. The van der Waals surface area contributed by atoms with Gasteiger partial charge < -0.3 is 14.4 Å². The molecule has 0 radical (unpaired) electrons. The number of ether oxygens (including phenoxy) is 2. The van der Waals surface area contributed by atoms with Crippen molar-refractivity contribution in [2.24, 2.45) is 0 Å². The van der Waals surface area contributed by atoms with Gasteiger partial charge in [-0.25, -0.2) is 4.98 Å². The topological polar surface area (TPSA) is 39.5 Å². The summed E-state index contributed by atoms with van der Waals surface area (Å²) in [6, 6.07) is 12.1. The van der Waals surface area contributed by atoms with E-state index in [0.29, 0.717) is 10.8 Å². The number of methoxy groups -OCH3 is 1. The predicted octanol–water partition coefficient (Wildman–Crippen LogP) is 3.52. The van der Waals surface area contributed by atoms with Crippen molar-refractivity contribution in [1.82, 2.24) is 9.55 Å². The Morgan fingerprint density at radius 1 is 1.08 bits per heavy atom. The molecule has 0 saturated carbocycles. The fraction of sp³-hybridized carbons (Fsp3) is 0.278. The van der Waals surface area contributed by atoms with E-state index >= 15 is 0 Å². The number of anilines is 1. The molecule has 3 aromatic rings. The lowest BCUT2D eigenvalue weighted by Crippen LogP contribution is -2.36. The van der Waals surface area contributed by atoms with Crippen molar-refractivity contribution in [3.63, 3.8) is 0 Å². The first-order valence-electron chi connectivity index (χ1n) is 7.90. The summed E-state index contributed by atoms with van der Waals surface area (Å²) in [6.45, 7) is 3.38. The Bertz CT molecular complexity index is 872. The van der Waals surface area contributed by atoms with Gasteiger partial charge in [-0.1, -0.05) is 11.6 Å². The number of fused-ring (bicyclic) bond motifs is 1. The molecule has 1 fully saturated rings. The van der Waals surface area contributed by atoms with Crippen LogP contribution < -0.4 is 9.64 Å². The Balaban J connectivity index is 1.71. The molecule has 6 heteroatoms. The van der Waals surface area contributed by atoms with Gasteiger partial charge in [-0.15, -0.1) is 0 Å². The molecule has 1 aliphatic rings. The van der Waals surface area contributed by atoms with Crippen LogP contribution in [0.2, 0.25) is 5.02 Å². The number of rotatable bonds is 3. The van der Waals surface area contributed by atoms with Gasteiger partial charge in [-0.05, 0) is 36.4 Å². The van der Waals surface area contributed by atoms with E-state index in [9.17, 15) is 0 Å². The molecule has 24 heavy (non-hydrogen) atoms. The highest BCUT2D eigenvalue weighted by atomic mass is 35.5. The minimum atomic E-state index is 0.585. The summed E-state index contributed by atoms with van der Waals surface area (Å²) in [4.78, 5) is 6.88. The maximum Gasteiger partial charge on any atom is 0.137 e. The minimum absolute atomic E-state index is 0.585. The lowest BCUT2D eigenvalue weighted by molar-refractivity contribution is 0.122. The molecule has 0 bridgehead atoms. The van der Waals surface area contributed by atoms with Gasteiger partial charge in [0.1, 0.15) is 12.1 Å². The quantitative estimate of drug-likeness (QED) is 0.729. The van der Waals surface area contributed by atoms with Gasteiger partial charge in [-0.3, -0.25) is 4.57 Å². The summed E-state index contributed by atoms with van der Waals surface area (Å²) >= 11 is 6.25. The van der Waals surface area contributed by atoms with Gasteiger partial charge in [0.2, 0.25) is 0 Å². The summed E-state index contributed by atoms with van der Waals surface area (Å²) in [5.74, 6) is 0.666. The van der Waals surface area contributed by atoms with Crippen LogP contribution >= 0.6 is 11.6 Å². The number of benzene rings is 2. The highest BCUT2D eigenvalue weighted by molar-refractivity contribution is 6.32. The average molecular weight is 344 g/mol. The molecule has 4 rings (SSSR count). The predicted molar refractivity (Wildman–Crippen MR) is 95.7 cm³/mol. The number of hydrogen-bond donors (Lipinski definition) is 0. The van der Waals surface area contributed by atoms with E-state index in [0.717, 1.165) is 43.0 Å². The van der Waals surface area contributed by atoms with Crippen molar-refractivity contribution in [2.45, 2.75) is 0 Å². The molecule has 0 amide bonds. The van der Waals surface area contributed by atoms with Gasteiger partial charge >= 0.3 is 0 Å². The molecule has 1 saturated heterocycles. The van der Waals surface area contributed by atoms with E-state index in [1.165, 1.54) is 5.69 Å². The van der Waals surface area contributed by atoms with Crippen LogP contribution in [0.3, 0.4) is 0 Å². The number of aromatic nitrogens is 2. The fourth-order valence-corrected chi connectivity index (χ4v) is 3.28. The molecule has 124 valence electrons. The van der Waals surface area contributed by atoms with Crippen molar-refractivity contribution in [3.8, 4) is 11.4 Å². The van der Waals surface area contributed by atoms with Crippen LogP contribution in [0.25, 0.3) is 16.7 Å². The van der Waals surface area contributed by atoms with Gasteiger partial charge in [-0.2, -0.15) is 0 Å². The third-order valence-electron chi connectivity index (χ3n) is 4.32. The third kappa shape index (κ3) is 2.70. The molecule has 1 aromatic heterocycles. The third-order valence-corrected chi connectivity index (χ3v) is 4.62. The van der Waals surface area contributed by atoms with E-state index in [-0.39, 0.29) is 0 Å². The number of nitrogens with zero attached hydrogens (tertiary/aromatic N) is 3. The summed E-state index contributed by atoms with van der Waals surface area (Å²) in [7, 11) is 1.61. The van der Waals surface area contributed by atoms with Crippen LogP contribution in [0.4, 0.5) is 5.69 Å². The SMILES string of the molecule is COc1ccc(-n2cnc3cc(N4CCOCC4)ccc32)cc1Cl. The monoisotopic (exact) mass is 343 g/mol. The summed E-state index contributed by atoms with van der Waals surface area (Å²) in [5, 5.41) is 0.585. The highest BCUT2D eigenvalue weighted by Gasteiger charge is 2.13. The van der Waals surface area contributed by atoms with E-state index in [2.05, 4.69) is 28.1 Å². The molecule has 0 unspecified atom stereocenters. The van der Waals surface area contributed by atoms with E-state index in [4.69, 9.17) is 21.1 Å². The zero-order valence-corrected chi connectivity index (χ0v) is 14.2. The molecule has 0 spiro atoms. The maximum absolute atomic E-state index is 6.25. The highest BCUT2D eigenvalue weighted by Crippen LogP contribution is 2.29. The lowest BCUT2D eigenvalue weighted by atomic mass is 10.2. The minimum Gasteiger partial charge on any atom is -0.495 e. The number of imidazole rings is 1. The van der Waals surface area contributed by atoms with Gasteiger partial charge in [0, 0.05) is 24.5 Å². The summed E-state index contributed by atoms with van der Waals surface area (Å²) < 4.78 is 12.7. The first-order valence-corrected chi connectivity index (χ1v) is 8.28. The number of hydrogen-bond acceptors (Lipinski definition) is 4. The second-order valence-electron chi connectivity index (χ2n) is 5.71. The Kier molecular flexibility index (Phi) is 4.04. The summed E-state index contributed by atoms with van der Waals surface area (Å²) in [5.41, 5.74) is 4.16. The Morgan fingerprint density at radius 2 is 1.88 bits per heavy atom. The fourth-order valence-electron chi connectivity index (χ4n) is 3.03. The molecule has 0 atom stereocenters. The Hall–Kier alpha value is -2.24. The van der Waals surface area contributed by atoms with Crippen molar-refractivity contribution < 1.29 is 9.47 Å². The number of halogens is 1. The Morgan fingerprint density at radius 3 is 2.62 bits per heavy atom. The first-order chi connectivity index (χ1) is 11.8. The van der Waals surface area contributed by atoms with Crippen LogP contribution in [-0.4, -0.2) is 43.0 Å². The molecule has 1 aliphatic heterocycles. The zero-order valence-electron chi connectivity index (χ0n) is 13.4. The van der Waals surface area contributed by atoms with Crippen molar-refractivity contribution >= 4 is 28.3 Å². The largest absolute Gasteiger partial charge is 0.495 e.